The summed E-state index contributed by atoms with van der Waals surface area (Å²) in [5.41, 5.74) is 0.704. The molecule has 4 nitrogen and oxygen atoms in total. The predicted octanol–water partition coefficient (Wildman–Crippen LogP) is 3.08. The van der Waals surface area contributed by atoms with Crippen molar-refractivity contribution in [2.45, 2.75) is 0 Å². The van der Waals surface area contributed by atoms with Gasteiger partial charge in [-0.2, -0.15) is 10.5 Å². The van der Waals surface area contributed by atoms with Crippen molar-refractivity contribution in [3.63, 3.8) is 0 Å². The van der Waals surface area contributed by atoms with E-state index in [1.54, 1.807) is 24.3 Å². The number of nitriles is 2. The van der Waals surface area contributed by atoms with Gasteiger partial charge in [0.05, 0.1) is 10.2 Å². The third-order valence-electron chi connectivity index (χ3n) is 2.23. The molecule has 1 heterocycles. The van der Waals surface area contributed by atoms with Gasteiger partial charge in [-0.1, -0.05) is 0 Å². The largest absolute Gasteiger partial charge is 0.491 e. The number of fused-ring (bicyclic) bond motifs is 1. The molecule has 0 atom stereocenters. The number of ether oxygens (including phenoxy) is 1. The first-order chi connectivity index (χ1) is 9.26. The average Bonchev–Trinajstić information content (AvgIpc) is 2.84. The summed E-state index contributed by atoms with van der Waals surface area (Å²) >= 11 is 1.37. The van der Waals surface area contributed by atoms with Crippen molar-refractivity contribution in [3.8, 4) is 17.9 Å². The molecule has 0 bridgehead atoms. The lowest BCUT2D eigenvalue weighted by Gasteiger charge is -2.01. The third kappa shape index (κ3) is 3.06. The second-order valence-electron chi connectivity index (χ2n) is 3.50. The molecule has 0 spiro atoms. The topological polar surface area (TPSA) is 69.7 Å². The normalized spacial score (nSPS) is 9.63. The molecule has 2 aromatic rings. The van der Waals surface area contributed by atoms with Crippen molar-refractivity contribution >= 4 is 27.6 Å². The van der Waals surface area contributed by atoms with Crippen LogP contribution >= 0.6 is 11.3 Å². The quantitative estimate of drug-likeness (QED) is 0.803. The van der Waals surface area contributed by atoms with Crippen molar-refractivity contribution in [1.82, 2.24) is 4.98 Å². The minimum atomic E-state index is -0.545. The second-order valence-corrected chi connectivity index (χ2v) is 4.56. The van der Waals surface area contributed by atoms with E-state index < -0.39 is 6.67 Å². The Kier molecular flexibility index (Phi) is 4.07. The molecule has 0 fully saturated rings. The molecule has 0 amide bonds. The van der Waals surface area contributed by atoms with E-state index in [0.717, 1.165) is 4.70 Å². The summed E-state index contributed by atoms with van der Waals surface area (Å²) in [4.78, 5) is 4.28. The average molecular weight is 273 g/mol. The van der Waals surface area contributed by atoms with Crippen molar-refractivity contribution in [2.24, 2.45) is 0 Å². The number of halogens is 1. The van der Waals surface area contributed by atoms with E-state index in [1.807, 2.05) is 6.07 Å². The van der Waals surface area contributed by atoms with Crippen LogP contribution in [0.5, 0.6) is 5.75 Å². The molecule has 0 N–H and O–H groups in total. The molecule has 0 radical (unpaired) electrons. The first-order valence-electron chi connectivity index (χ1n) is 5.38. The summed E-state index contributed by atoms with van der Waals surface area (Å²) in [6.07, 6.45) is 1.44. The van der Waals surface area contributed by atoms with Gasteiger partial charge in [-0.3, -0.25) is 0 Å². The highest BCUT2D eigenvalue weighted by atomic mass is 32.1. The standard InChI is InChI=1S/C13H8FN3OS/c14-3-4-18-10-1-2-12-11(6-10)17-13(19-12)5-9(7-15)8-16/h1-2,5-6H,3-4H2. The van der Waals surface area contributed by atoms with Crippen LogP contribution in [0.25, 0.3) is 16.3 Å². The maximum Gasteiger partial charge on any atom is 0.132 e. The van der Waals surface area contributed by atoms with E-state index in [9.17, 15) is 4.39 Å². The van der Waals surface area contributed by atoms with Gasteiger partial charge in [-0.25, -0.2) is 9.37 Å². The highest BCUT2D eigenvalue weighted by Crippen LogP contribution is 2.27. The highest BCUT2D eigenvalue weighted by Gasteiger charge is 2.05. The smallest absolute Gasteiger partial charge is 0.132 e. The van der Waals surface area contributed by atoms with E-state index in [2.05, 4.69) is 4.98 Å². The molecule has 0 saturated carbocycles. The third-order valence-corrected chi connectivity index (χ3v) is 3.21. The van der Waals surface area contributed by atoms with Gasteiger partial charge in [0.25, 0.3) is 0 Å². The molecule has 0 aliphatic heterocycles. The van der Waals surface area contributed by atoms with Crippen LogP contribution in [0.2, 0.25) is 0 Å². The number of hydrogen-bond acceptors (Lipinski definition) is 5. The van der Waals surface area contributed by atoms with Crippen LogP contribution in [0.15, 0.2) is 23.8 Å². The molecular formula is C13H8FN3OS. The minimum Gasteiger partial charge on any atom is -0.491 e. The summed E-state index contributed by atoms with van der Waals surface area (Å²) in [5.74, 6) is 0.548. The number of rotatable bonds is 4. The van der Waals surface area contributed by atoms with Gasteiger partial charge in [0.15, 0.2) is 0 Å². The van der Waals surface area contributed by atoms with E-state index in [-0.39, 0.29) is 12.2 Å². The molecule has 19 heavy (non-hydrogen) atoms. The van der Waals surface area contributed by atoms with Crippen LogP contribution in [-0.4, -0.2) is 18.3 Å². The summed E-state index contributed by atoms with van der Waals surface area (Å²) in [5, 5.41) is 17.9. The number of aromatic nitrogens is 1. The molecule has 2 rings (SSSR count). The number of allylic oxidation sites excluding steroid dienone is 1. The number of benzene rings is 1. The lowest BCUT2D eigenvalue weighted by Crippen LogP contribution is -1.97. The van der Waals surface area contributed by atoms with Crippen LogP contribution < -0.4 is 4.74 Å². The highest BCUT2D eigenvalue weighted by molar-refractivity contribution is 7.19. The van der Waals surface area contributed by atoms with Gasteiger partial charge < -0.3 is 4.74 Å². The van der Waals surface area contributed by atoms with Crippen LogP contribution in [-0.2, 0) is 0 Å². The van der Waals surface area contributed by atoms with Gasteiger partial charge in [0.2, 0.25) is 0 Å². The van der Waals surface area contributed by atoms with E-state index >= 15 is 0 Å². The SMILES string of the molecule is N#CC(C#N)=Cc1nc2cc(OCCF)ccc2s1. The van der Waals surface area contributed by atoms with Crippen LogP contribution in [0.1, 0.15) is 5.01 Å². The molecule has 0 aliphatic carbocycles. The molecule has 1 aromatic heterocycles. The lowest BCUT2D eigenvalue weighted by molar-refractivity contribution is 0.273. The van der Waals surface area contributed by atoms with E-state index in [4.69, 9.17) is 15.3 Å². The maximum absolute atomic E-state index is 12.0. The van der Waals surface area contributed by atoms with Gasteiger partial charge in [-0.05, 0) is 12.1 Å². The number of thiazole rings is 1. The zero-order valence-corrected chi connectivity index (χ0v) is 10.6. The van der Waals surface area contributed by atoms with E-state index in [1.165, 1.54) is 17.4 Å². The minimum absolute atomic E-state index is 0.00737. The fraction of sp³-hybridized carbons (Fsp3) is 0.154. The predicted molar refractivity (Wildman–Crippen MR) is 70.3 cm³/mol. The Bertz CT molecular complexity index is 693. The van der Waals surface area contributed by atoms with Gasteiger partial charge >= 0.3 is 0 Å². The van der Waals surface area contributed by atoms with Gasteiger partial charge in [-0.15, -0.1) is 11.3 Å². The maximum atomic E-state index is 12.0. The Morgan fingerprint density at radius 1 is 1.42 bits per heavy atom. The summed E-state index contributed by atoms with van der Waals surface area (Å²) in [7, 11) is 0. The zero-order chi connectivity index (χ0) is 13.7. The second kappa shape index (κ2) is 5.94. The molecule has 0 aliphatic rings. The Balaban J connectivity index is 2.34. The summed E-state index contributed by atoms with van der Waals surface area (Å²) in [6.45, 7) is -0.536. The number of alkyl halides is 1. The van der Waals surface area contributed by atoms with E-state index in [0.29, 0.717) is 16.3 Å². The molecule has 0 saturated heterocycles. The fourth-order valence-corrected chi connectivity index (χ4v) is 2.34. The Labute approximate surface area is 113 Å². The monoisotopic (exact) mass is 273 g/mol. The number of nitrogens with zero attached hydrogens (tertiary/aromatic N) is 3. The molecule has 94 valence electrons. The van der Waals surface area contributed by atoms with Crippen molar-refractivity contribution in [2.75, 3.05) is 13.3 Å². The number of hydrogen-bond donors (Lipinski definition) is 0. The molecular weight excluding hydrogens is 265 g/mol. The van der Waals surface area contributed by atoms with Crippen molar-refractivity contribution in [1.29, 1.82) is 10.5 Å². The van der Waals surface area contributed by atoms with Crippen molar-refractivity contribution < 1.29 is 9.13 Å². The molecule has 1 aromatic carbocycles. The first-order valence-corrected chi connectivity index (χ1v) is 6.19. The first kappa shape index (κ1) is 13.0. The lowest BCUT2D eigenvalue weighted by atomic mass is 10.3. The van der Waals surface area contributed by atoms with Gasteiger partial charge in [0.1, 0.15) is 41.8 Å². The van der Waals surface area contributed by atoms with Crippen molar-refractivity contribution in [3.05, 3.63) is 28.8 Å². The molecule has 6 heteroatoms. The molecule has 0 unspecified atom stereocenters. The van der Waals surface area contributed by atoms with Crippen LogP contribution in [0.4, 0.5) is 4.39 Å². The Morgan fingerprint density at radius 3 is 2.89 bits per heavy atom. The summed E-state index contributed by atoms with van der Waals surface area (Å²) < 4.78 is 18.1. The Morgan fingerprint density at radius 2 is 2.21 bits per heavy atom. The fourth-order valence-electron chi connectivity index (χ4n) is 1.45. The zero-order valence-electron chi connectivity index (χ0n) is 9.76. The van der Waals surface area contributed by atoms with Gasteiger partial charge in [0, 0.05) is 12.1 Å². The Hall–Kier alpha value is -2.44. The van der Waals surface area contributed by atoms with Crippen LogP contribution in [0, 0.1) is 22.7 Å². The summed E-state index contributed by atoms with van der Waals surface area (Å²) in [6, 6.07) is 8.82. The van der Waals surface area contributed by atoms with Crippen LogP contribution in [0.3, 0.4) is 0 Å².